The van der Waals surface area contributed by atoms with Crippen molar-refractivity contribution in [1.82, 2.24) is 0 Å². The number of carboxylic acid groups (broad SMARTS) is 1. The van der Waals surface area contributed by atoms with Crippen LogP contribution < -0.4 is 0 Å². The van der Waals surface area contributed by atoms with Gasteiger partial charge >= 0.3 is 5.97 Å². The summed E-state index contributed by atoms with van der Waals surface area (Å²) in [6, 6.07) is 0. The molecule has 0 heterocycles. The van der Waals surface area contributed by atoms with Crippen molar-refractivity contribution in [2.24, 2.45) is 0 Å². The molecular weight excluding hydrogens is 312 g/mol. The predicted octanol–water partition coefficient (Wildman–Crippen LogP) is 7.11. The van der Waals surface area contributed by atoms with E-state index in [1.165, 1.54) is 89.9 Å². The first-order valence-corrected chi connectivity index (χ1v) is 11.0. The molecule has 0 bridgehead atoms. The lowest BCUT2D eigenvalue weighted by molar-refractivity contribution is -0.137. The summed E-state index contributed by atoms with van der Waals surface area (Å²) in [4.78, 5) is 10.2. The highest BCUT2D eigenvalue weighted by atomic mass is 16.4. The molecule has 0 aliphatic rings. The Morgan fingerprint density at radius 3 is 1.20 bits per heavy atom. The minimum absolute atomic E-state index is 0.343. The van der Waals surface area contributed by atoms with Gasteiger partial charge in [0.2, 0.25) is 0 Å². The Balaban J connectivity index is 0. The molecule has 3 nitrogen and oxygen atoms in total. The molecule has 152 valence electrons. The number of rotatable bonds is 18. The van der Waals surface area contributed by atoms with Crippen LogP contribution in [-0.2, 0) is 4.79 Å². The molecule has 0 aromatic carbocycles. The highest BCUT2D eigenvalue weighted by Gasteiger charge is 1.96. The van der Waals surface area contributed by atoms with E-state index in [1.807, 2.05) is 0 Å². The van der Waals surface area contributed by atoms with Crippen molar-refractivity contribution in [3.05, 3.63) is 0 Å². The molecule has 0 atom stereocenters. The Labute approximate surface area is 157 Å². The van der Waals surface area contributed by atoms with Gasteiger partial charge in [0.25, 0.3) is 0 Å². The number of carbonyl (C=O) groups is 1. The Morgan fingerprint density at radius 2 is 0.880 bits per heavy atom. The summed E-state index contributed by atoms with van der Waals surface area (Å²) in [5.74, 6) is -0.659. The molecule has 0 saturated heterocycles. The van der Waals surface area contributed by atoms with E-state index in [9.17, 15) is 4.79 Å². The van der Waals surface area contributed by atoms with Crippen molar-refractivity contribution in [3.8, 4) is 0 Å². The van der Waals surface area contributed by atoms with Gasteiger partial charge in [-0.2, -0.15) is 0 Å². The minimum Gasteiger partial charge on any atom is -0.481 e. The Kier molecular flexibility index (Phi) is 27.4. The average Bonchev–Trinajstić information content (AvgIpc) is 2.60. The van der Waals surface area contributed by atoms with E-state index in [0.29, 0.717) is 13.0 Å². The average molecular weight is 359 g/mol. The number of hydrogen-bond acceptors (Lipinski definition) is 2. The Hall–Kier alpha value is -0.570. The molecule has 0 rings (SSSR count). The molecule has 0 aromatic heterocycles. The van der Waals surface area contributed by atoms with Crippen LogP contribution in [0.5, 0.6) is 0 Å². The molecule has 0 saturated carbocycles. The van der Waals surface area contributed by atoms with E-state index in [2.05, 4.69) is 13.8 Å². The van der Waals surface area contributed by atoms with E-state index in [1.54, 1.807) is 0 Å². The van der Waals surface area contributed by atoms with Crippen molar-refractivity contribution in [2.45, 2.75) is 129 Å². The fraction of sp³-hybridized carbons (Fsp3) is 0.955. The lowest BCUT2D eigenvalue weighted by Gasteiger charge is -2.00. The molecule has 0 unspecified atom stereocenters. The van der Waals surface area contributed by atoms with Gasteiger partial charge < -0.3 is 10.2 Å². The van der Waals surface area contributed by atoms with E-state index in [0.717, 1.165) is 19.3 Å². The lowest BCUT2D eigenvalue weighted by atomic mass is 10.1. The van der Waals surface area contributed by atoms with Gasteiger partial charge in [0.15, 0.2) is 0 Å². The second-order valence-corrected chi connectivity index (χ2v) is 7.17. The summed E-state index contributed by atoms with van der Waals surface area (Å²) >= 11 is 0. The molecule has 0 amide bonds. The summed E-state index contributed by atoms with van der Waals surface area (Å²) in [6.07, 6.45) is 21.9. The quantitative estimate of drug-likeness (QED) is 0.257. The molecule has 25 heavy (non-hydrogen) atoms. The monoisotopic (exact) mass is 358 g/mol. The van der Waals surface area contributed by atoms with Crippen LogP contribution in [0.15, 0.2) is 0 Å². The standard InChI is InChI=1S/C12H24O2.C10H22O/c1-2-3-4-5-6-7-8-9-10-11-12(13)14;1-2-3-4-5-6-7-8-9-10-11/h2-11H2,1H3,(H,13,14);11H,2-10H2,1H3. The molecule has 0 radical (unpaired) electrons. The molecule has 0 fully saturated rings. The van der Waals surface area contributed by atoms with Gasteiger partial charge in [0, 0.05) is 13.0 Å². The molecule has 3 heteroatoms. The fourth-order valence-corrected chi connectivity index (χ4v) is 2.83. The molecule has 0 aromatic rings. The van der Waals surface area contributed by atoms with Gasteiger partial charge in [-0.1, -0.05) is 110 Å². The van der Waals surface area contributed by atoms with Gasteiger partial charge in [-0.3, -0.25) is 4.79 Å². The van der Waals surface area contributed by atoms with Crippen LogP contribution in [0, 0.1) is 0 Å². The SMILES string of the molecule is CCCCCCCCCCCC(=O)O.CCCCCCCCCCO. The van der Waals surface area contributed by atoms with E-state index < -0.39 is 5.97 Å². The Bertz CT molecular complexity index is 233. The number of carboxylic acids is 1. The summed E-state index contributed by atoms with van der Waals surface area (Å²) in [5.41, 5.74) is 0. The third-order valence-electron chi connectivity index (χ3n) is 4.51. The van der Waals surface area contributed by atoms with Crippen molar-refractivity contribution in [1.29, 1.82) is 0 Å². The second-order valence-electron chi connectivity index (χ2n) is 7.17. The van der Waals surface area contributed by atoms with E-state index in [-0.39, 0.29) is 0 Å². The molecular formula is C22H46O3. The van der Waals surface area contributed by atoms with Crippen LogP contribution in [0.1, 0.15) is 129 Å². The predicted molar refractivity (Wildman–Crippen MR) is 109 cm³/mol. The smallest absolute Gasteiger partial charge is 0.303 e. The van der Waals surface area contributed by atoms with Crippen LogP contribution in [0.25, 0.3) is 0 Å². The highest BCUT2D eigenvalue weighted by molar-refractivity contribution is 5.66. The molecule has 0 aliphatic heterocycles. The summed E-state index contributed by atoms with van der Waals surface area (Å²) in [5, 5.41) is 16.9. The molecule has 2 N–H and O–H groups in total. The van der Waals surface area contributed by atoms with Crippen LogP contribution in [0.3, 0.4) is 0 Å². The van der Waals surface area contributed by atoms with Gasteiger partial charge in [0.1, 0.15) is 0 Å². The zero-order chi connectivity index (χ0) is 19.0. The second kappa shape index (κ2) is 25.7. The van der Waals surface area contributed by atoms with Gasteiger partial charge in [-0.25, -0.2) is 0 Å². The first-order valence-electron chi connectivity index (χ1n) is 11.0. The normalized spacial score (nSPS) is 10.4. The van der Waals surface area contributed by atoms with E-state index in [4.69, 9.17) is 10.2 Å². The summed E-state index contributed by atoms with van der Waals surface area (Å²) < 4.78 is 0. The zero-order valence-electron chi connectivity index (χ0n) is 17.2. The third-order valence-corrected chi connectivity index (χ3v) is 4.51. The van der Waals surface area contributed by atoms with E-state index >= 15 is 0 Å². The van der Waals surface area contributed by atoms with Crippen LogP contribution in [-0.4, -0.2) is 22.8 Å². The number of aliphatic hydroxyl groups excluding tert-OH is 1. The fourth-order valence-electron chi connectivity index (χ4n) is 2.83. The van der Waals surface area contributed by atoms with Gasteiger partial charge in [0.05, 0.1) is 0 Å². The maximum Gasteiger partial charge on any atom is 0.303 e. The topological polar surface area (TPSA) is 57.5 Å². The lowest BCUT2D eigenvalue weighted by Crippen LogP contribution is -1.93. The molecule has 0 spiro atoms. The van der Waals surface area contributed by atoms with Crippen molar-refractivity contribution in [3.63, 3.8) is 0 Å². The van der Waals surface area contributed by atoms with Gasteiger partial charge in [-0.05, 0) is 12.8 Å². The maximum absolute atomic E-state index is 10.2. The van der Waals surface area contributed by atoms with Crippen LogP contribution >= 0.6 is 0 Å². The number of hydrogen-bond donors (Lipinski definition) is 2. The first-order chi connectivity index (χ1) is 12.2. The minimum atomic E-state index is -0.659. The largest absolute Gasteiger partial charge is 0.481 e. The van der Waals surface area contributed by atoms with Crippen molar-refractivity contribution in [2.75, 3.05) is 6.61 Å². The number of aliphatic hydroxyl groups is 1. The summed E-state index contributed by atoms with van der Waals surface area (Å²) in [7, 11) is 0. The third kappa shape index (κ3) is 31.7. The maximum atomic E-state index is 10.2. The number of aliphatic carboxylic acids is 1. The highest BCUT2D eigenvalue weighted by Crippen LogP contribution is 2.10. The summed E-state index contributed by atoms with van der Waals surface area (Å²) in [6.45, 7) is 4.84. The van der Waals surface area contributed by atoms with Crippen LogP contribution in [0.4, 0.5) is 0 Å². The zero-order valence-corrected chi connectivity index (χ0v) is 17.2. The first kappa shape index (κ1) is 26.7. The van der Waals surface area contributed by atoms with Gasteiger partial charge in [-0.15, -0.1) is 0 Å². The van der Waals surface area contributed by atoms with Crippen LogP contribution in [0.2, 0.25) is 0 Å². The molecule has 0 aliphatic carbocycles. The van der Waals surface area contributed by atoms with Crippen molar-refractivity contribution >= 4 is 5.97 Å². The Morgan fingerprint density at radius 1 is 0.560 bits per heavy atom. The van der Waals surface area contributed by atoms with Crippen molar-refractivity contribution < 1.29 is 15.0 Å². The number of unbranched alkanes of at least 4 members (excludes halogenated alkanes) is 15.